The molecule has 1 aromatic carbocycles. The molecule has 2 aromatic heterocycles. The molecule has 3 heterocycles. The summed E-state index contributed by atoms with van der Waals surface area (Å²) in [6, 6.07) is 14.5. The van der Waals surface area contributed by atoms with Crippen LogP contribution in [0.3, 0.4) is 0 Å². The third kappa shape index (κ3) is 2.88. The fourth-order valence-corrected chi connectivity index (χ4v) is 5.72. The monoisotopic (exact) mass is 357 g/mol. The summed E-state index contributed by atoms with van der Waals surface area (Å²) in [6.07, 6.45) is 2.80. The molecule has 1 N–H and O–H groups in total. The molecule has 0 spiro atoms. The Labute approximate surface area is 149 Å². The molecule has 1 aliphatic rings. The first-order valence-electron chi connectivity index (χ1n) is 8.24. The van der Waals surface area contributed by atoms with Crippen LogP contribution in [0, 0.1) is 0 Å². The molecule has 24 heavy (non-hydrogen) atoms. The summed E-state index contributed by atoms with van der Waals surface area (Å²) in [7, 11) is 0. The number of rotatable bonds is 4. The standard InChI is InChI=1S/C19H19NO2S2/c21-19(22)14-7-3-4-10-20(14)18(16-9-5-11-23-16)17-12-13-6-1-2-8-15(13)24-17/h1-2,5-6,8-9,11-12,14,18H,3-4,7,10H2,(H,21,22). The minimum absolute atomic E-state index is 0.0452. The largest absolute Gasteiger partial charge is 0.480 e. The highest BCUT2D eigenvalue weighted by molar-refractivity contribution is 7.19. The predicted octanol–water partition coefficient (Wildman–Crippen LogP) is 4.99. The number of carboxylic acids is 1. The van der Waals surface area contributed by atoms with E-state index in [1.54, 1.807) is 22.7 Å². The maximum Gasteiger partial charge on any atom is 0.320 e. The Kier molecular flexibility index (Phi) is 4.39. The molecule has 3 aromatic rings. The van der Waals surface area contributed by atoms with E-state index < -0.39 is 12.0 Å². The first-order valence-corrected chi connectivity index (χ1v) is 9.94. The summed E-state index contributed by atoms with van der Waals surface area (Å²) in [6.45, 7) is 0.841. The molecule has 1 saturated heterocycles. The quantitative estimate of drug-likeness (QED) is 0.715. The summed E-state index contributed by atoms with van der Waals surface area (Å²) < 4.78 is 1.26. The number of carboxylic acid groups (broad SMARTS) is 1. The van der Waals surface area contributed by atoms with Gasteiger partial charge in [0.2, 0.25) is 0 Å². The van der Waals surface area contributed by atoms with Gasteiger partial charge in [-0.15, -0.1) is 22.7 Å². The second kappa shape index (κ2) is 6.67. The Morgan fingerprint density at radius 3 is 2.79 bits per heavy atom. The van der Waals surface area contributed by atoms with Crippen LogP contribution >= 0.6 is 22.7 Å². The molecule has 2 atom stereocenters. The van der Waals surface area contributed by atoms with E-state index >= 15 is 0 Å². The van der Waals surface area contributed by atoms with Crippen LogP contribution in [0.15, 0.2) is 47.8 Å². The smallest absolute Gasteiger partial charge is 0.320 e. The number of nitrogens with zero attached hydrogens (tertiary/aromatic N) is 1. The van der Waals surface area contributed by atoms with E-state index in [4.69, 9.17) is 0 Å². The molecule has 0 bridgehead atoms. The Morgan fingerprint density at radius 1 is 1.17 bits per heavy atom. The second-order valence-electron chi connectivity index (χ2n) is 6.19. The zero-order chi connectivity index (χ0) is 16.5. The van der Waals surface area contributed by atoms with Gasteiger partial charge in [-0.1, -0.05) is 30.7 Å². The number of piperidine rings is 1. The molecule has 1 fully saturated rings. The van der Waals surface area contributed by atoms with Crippen molar-refractivity contribution in [1.29, 1.82) is 0 Å². The van der Waals surface area contributed by atoms with Crippen molar-refractivity contribution in [3.63, 3.8) is 0 Å². The minimum atomic E-state index is -0.697. The Morgan fingerprint density at radius 2 is 2.04 bits per heavy atom. The van der Waals surface area contributed by atoms with Gasteiger partial charge in [0.05, 0.1) is 6.04 Å². The van der Waals surface area contributed by atoms with Gasteiger partial charge in [0.15, 0.2) is 0 Å². The zero-order valence-electron chi connectivity index (χ0n) is 13.2. The molecule has 0 saturated carbocycles. The van der Waals surface area contributed by atoms with Crippen LogP contribution in [0.1, 0.15) is 35.1 Å². The summed E-state index contributed by atoms with van der Waals surface area (Å²) in [5, 5.41) is 13.0. The van der Waals surface area contributed by atoms with E-state index in [2.05, 4.69) is 52.7 Å². The first-order chi connectivity index (χ1) is 11.7. The summed E-state index contributed by atoms with van der Waals surface area (Å²) in [4.78, 5) is 16.5. The third-order valence-corrected chi connectivity index (χ3v) is 6.78. The SMILES string of the molecule is O=C(O)C1CCCCN1C(c1cccs1)c1cc2ccccc2s1. The van der Waals surface area contributed by atoms with Gasteiger partial charge in [0, 0.05) is 14.5 Å². The highest BCUT2D eigenvalue weighted by Crippen LogP contribution is 2.41. The number of likely N-dealkylation sites (tertiary alicyclic amines) is 1. The maximum absolute atomic E-state index is 11.8. The lowest BCUT2D eigenvalue weighted by Crippen LogP contribution is -2.46. The van der Waals surface area contributed by atoms with Gasteiger partial charge < -0.3 is 5.11 Å². The van der Waals surface area contributed by atoms with Crippen LogP contribution in [0.2, 0.25) is 0 Å². The molecule has 124 valence electrons. The Hall–Kier alpha value is -1.69. The minimum Gasteiger partial charge on any atom is -0.480 e. The lowest BCUT2D eigenvalue weighted by Gasteiger charge is -2.38. The lowest BCUT2D eigenvalue weighted by atomic mass is 9.98. The van der Waals surface area contributed by atoms with Crippen LogP contribution in [-0.2, 0) is 4.79 Å². The zero-order valence-corrected chi connectivity index (χ0v) is 14.9. The molecular formula is C19H19NO2S2. The van der Waals surface area contributed by atoms with E-state index in [0.29, 0.717) is 0 Å². The molecule has 0 aliphatic carbocycles. The van der Waals surface area contributed by atoms with Crippen LogP contribution in [-0.4, -0.2) is 28.6 Å². The van der Waals surface area contributed by atoms with Crippen molar-refractivity contribution in [3.05, 3.63) is 57.6 Å². The number of fused-ring (bicyclic) bond motifs is 1. The van der Waals surface area contributed by atoms with Gasteiger partial charge in [0.25, 0.3) is 0 Å². The van der Waals surface area contributed by atoms with E-state index in [1.165, 1.54) is 19.8 Å². The second-order valence-corrected chi connectivity index (χ2v) is 8.29. The normalized spacial score (nSPS) is 20.2. The maximum atomic E-state index is 11.8. The van der Waals surface area contributed by atoms with Crippen molar-refractivity contribution in [2.75, 3.05) is 6.54 Å². The topological polar surface area (TPSA) is 40.5 Å². The summed E-state index contributed by atoms with van der Waals surface area (Å²) in [5.41, 5.74) is 0. The molecule has 4 rings (SSSR count). The molecule has 0 amide bonds. The van der Waals surface area contributed by atoms with Crippen LogP contribution < -0.4 is 0 Å². The molecular weight excluding hydrogens is 338 g/mol. The lowest BCUT2D eigenvalue weighted by molar-refractivity contribution is -0.145. The van der Waals surface area contributed by atoms with E-state index in [9.17, 15) is 9.90 Å². The fraction of sp³-hybridized carbons (Fsp3) is 0.316. The van der Waals surface area contributed by atoms with E-state index in [-0.39, 0.29) is 6.04 Å². The summed E-state index contributed by atoms with van der Waals surface area (Å²) >= 11 is 3.50. The summed E-state index contributed by atoms with van der Waals surface area (Å²) in [5.74, 6) is -0.697. The van der Waals surface area contributed by atoms with Crippen molar-refractivity contribution in [2.24, 2.45) is 0 Å². The molecule has 0 radical (unpaired) electrons. The number of thiophene rings is 2. The Balaban J connectivity index is 1.80. The van der Waals surface area contributed by atoms with Crippen LogP contribution in [0.4, 0.5) is 0 Å². The van der Waals surface area contributed by atoms with Gasteiger partial charge in [0.1, 0.15) is 6.04 Å². The van der Waals surface area contributed by atoms with Crippen LogP contribution in [0.5, 0.6) is 0 Å². The van der Waals surface area contributed by atoms with E-state index in [1.807, 2.05) is 0 Å². The number of aliphatic carboxylic acids is 1. The van der Waals surface area contributed by atoms with Gasteiger partial charge in [-0.3, -0.25) is 9.69 Å². The average molecular weight is 358 g/mol. The number of hydrogen-bond acceptors (Lipinski definition) is 4. The van der Waals surface area contributed by atoms with Crippen molar-refractivity contribution in [1.82, 2.24) is 4.90 Å². The van der Waals surface area contributed by atoms with E-state index in [0.717, 1.165) is 25.8 Å². The number of carbonyl (C=O) groups is 1. The molecule has 1 aliphatic heterocycles. The van der Waals surface area contributed by atoms with Gasteiger partial charge in [-0.05, 0) is 48.4 Å². The molecule has 5 heteroatoms. The van der Waals surface area contributed by atoms with Crippen molar-refractivity contribution >= 4 is 38.7 Å². The average Bonchev–Trinajstić information content (AvgIpc) is 3.25. The highest BCUT2D eigenvalue weighted by Gasteiger charge is 2.36. The predicted molar refractivity (Wildman–Crippen MR) is 100.0 cm³/mol. The fourth-order valence-electron chi connectivity index (χ4n) is 3.58. The van der Waals surface area contributed by atoms with Gasteiger partial charge in [-0.2, -0.15) is 0 Å². The first kappa shape index (κ1) is 15.8. The Bertz CT molecular complexity index is 807. The van der Waals surface area contributed by atoms with Crippen molar-refractivity contribution in [3.8, 4) is 0 Å². The molecule has 3 nitrogen and oxygen atoms in total. The third-order valence-electron chi connectivity index (χ3n) is 4.69. The van der Waals surface area contributed by atoms with Crippen molar-refractivity contribution in [2.45, 2.75) is 31.3 Å². The number of hydrogen-bond donors (Lipinski definition) is 1. The van der Waals surface area contributed by atoms with Gasteiger partial charge >= 0.3 is 5.97 Å². The van der Waals surface area contributed by atoms with Gasteiger partial charge in [-0.25, -0.2) is 0 Å². The number of benzene rings is 1. The van der Waals surface area contributed by atoms with Crippen molar-refractivity contribution < 1.29 is 9.90 Å². The van der Waals surface area contributed by atoms with Crippen LogP contribution in [0.25, 0.3) is 10.1 Å². The molecule has 2 unspecified atom stereocenters. The highest BCUT2D eigenvalue weighted by atomic mass is 32.1.